The Balaban J connectivity index is 1.97. The maximum atomic E-state index is 5.22. The summed E-state index contributed by atoms with van der Waals surface area (Å²) in [4.78, 5) is 2.50. The second kappa shape index (κ2) is 5.19. The fraction of sp³-hybridized carbons (Fsp3) is 0.769. The van der Waals surface area contributed by atoms with Gasteiger partial charge in [0.1, 0.15) is 5.76 Å². The van der Waals surface area contributed by atoms with Gasteiger partial charge in [0.05, 0.1) is 5.69 Å². The average Bonchev–Trinajstić information content (AvgIpc) is 2.61. The quantitative estimate of drug-likeness (QED) is 0.869. The van der Waals surface area contributed by atoms with E-state index >= 15 is 0 Å². The van der Waals surface area contributed by atoms with Crippen molar-refractivity contribution < 1.29 is 4.52 Å². The van der Waals surface area contributed by atoms with E-state index in [4.69, 9.17) is 4.52 Å². The monoisotopic (exact) mass is 237 g/mol. The highest BCUT2D eigenvalue weighted by molar-refractivity contribution is 5.20. The molecule has 0 spiro atoms. The molecule has 1 aliphatic rings. The number of nitrogens with zero attached hydrogens (tertiary/aromatic N) is 2. The lowest BCUT2D eigenvalue weighted by molar-refractivity contribution is 0.144. The van der Waals surface area contributed by atoms with Crippen LogP contribution in [0.1, 0.15) is 30.4 Å². The van der Waals surface area contributed by atoms with E-state index in [-0.39, 0.29) is 0 Å². The van der Waals surface area contributed by atoms with Crippen molar-refractivity contribution in [2.24, 2.45) is 5.92 Å². The lowest BCUT2D eigenvalue weighted by Gasteiger charge is -2.36. The second-order valence-electron chi connectivity index (χ2n) is 5.20. The summed E-state index contributed by atoms with van der Waals surface area (Å²) in [5, 5.41) is 7.42. The fourth-order valence-corrected chi connectivity index (χ4v) is 2.76. The van der Waals surface area contributed by atoms with Gasteiger partial charge in [0.2, 0.25) is 0 Å². The lowest BCUT2D eigenvalue weighted by atomic mass is 9.93. The predicted molar refractivity (Wildman–Crippen MR) is 67.9 cm³/mol. The standard InChI is InChI=1S/C13H23N3O/c1-9-7-16(6-5-13(9)14-4)8-12-10(2)15-17-11(12)3/h9,13-14H,5-8H2,1-4H3. The molecule has 2 atom stereocenters. The van der Waals surface area contributed by atoms with Gasteiger partial charge in [-0.2, -0.15) is 0 Å². The van der Waals surface area contributed by atoms with Crippen LogP contribution in [0, 0.1) is 19.8 Å². The Kier molecular flexibility index (Phi) is 3.84. The molecular weight excluding hydrogens is 214 g/mol. The molecule has 4 nitrogen and oxygen atoms in total. The first-order valence-electron chi connectivity index (χ1n) is 6.43. The first-order chi connectivity index (χ1) is 8.11. The molecule has 0 bridgehead atoms. The molecule has 0 radical (unpaired) electrons. The van der Waals surface area contributed by atoms with Crippen LogP contribution in [-0.4, -0.2) is 36.2 Å². The van der Waals surface area contributed by atoms with Crippen molar-refractivity contribution in [3.05, 3.63) is 17.0 Å². The van der Waals surface area contributed by atoms with Gasteiger partial charge in [0.15, 0.2) is 0 Å². The van der Waals surface area contributed by atoms with E-state index in [0.717, 1.165) is 31.1 Å². The molecule has 1 saturated heterocycles. The number of aryl methyl sites for hydroxylation is 2. The Hall–Kier alpha value is -0.870. The molecule has 2 rings (SSSR count). The Labute approximate surface area is 103 Å². The van der Waals surface area contributed by atoms with Gasteiger partial charge in [0.25, 0.3) is 0 Å². The van der Waals surface area contributed by atoms with Gasteiger partial charge in [-0.1, -0.05) is 12.1 Å². The largest absolute Gasteiger partial charge is 0.361 e. The number of nitrogens with one attached hydrogen (secondary N) is 1. The normalized spacial score (nSPS) is 26.4. The zero-order chi connectivity index (χ0) is 12.4. The van der Waals surface area contributed by atoms with E-state index in [1.54, 1.807) is 0 Å². The van der Waals surface area contributed by atoms with Gasteiger partial charge in [-0.15, -0.1) is 0 Å². The second-order valence-corrected chi connectivity index (χ2v) is 5.20. The van der Waals surface area contributed by atoms with Crippen LogP contribution in [0.15, 0.2) is 4.52 Å². The van der Waals surface area contributed by atoms with E-state index in [1.165, 1.54) is 12.0 Å². The maximum absolute atomic E-state index is 5.22. The van der Waals surface area contributed by atoms with Gasteiger partial charge in [0, 0.05) is 24.7 Å². The van der Waals surface area contributed by atoms with E-state index in [1.807, 2.05) is 13.8 Å². The van der Waals surface area contributed by atoms with Crippen LogP contribution in [0.5, 0.6) is 0 Å². The highest BCUT2D eigenvalue weighted by Gasteiger charge is 2.25. The summed E-state index contributed by atoms with van der Waals surface area (Å²) in [5.74, 6) is 1.67. The molecule has 4 heteroatoms. The molecule has 1 fully saturated rings. The van der Waals surface area contributed by atoms with Crippen molar-refractivity contribution in [2.75, 3.05) is 20.1 Å². The number of likely N-dealkylation sites (tertiary alicyclic amines) is 1. The summed E-state index contributed by atoms with van der Waals surface area (Å²) in [7, 11) is 2.06. The Morgan fingerprint density at radius 3 is 2.76 bits per heavy atom. The van der Waals surface area contributed by atoms with Crippen molar-refractivity contribution in [2.45, 2.75) is 39.8 Å². The van der Waals surface area contributed by atoms with Gasteiger partial charge in [-0.05, 0) is 39.8 Å². The first-order valence-corrected chi connectivity index (χ1v) is 6.43. The molecule has 1 N–H and O–H groups in total. The summed E-state index contributed by atoms with van der Waals surface area (Å²) in [6.07, 6.45) is 1.22. The molecule has 0 saturated carbocycles. The molecule has 1 aromatic heterocycles. The SMILES string of the molecule is CNC1CCN(Cc2c(C)noc2C)CC1C. The third-order valence-corrected chi connectivity index (χ3v) is 3.92. The van der Waals surface area contributed by atoms with Crippen molar-refractivity contribution >= 4 is 0 Å². The van der Waals surface area contributed by atoms with Crippen LogP contribution < -0.4 is 5.32 Å². The lowest BCUT2D eigenvalue weighted by Crippen LogP contribution is -2.46. The molecule has 0 amide bonds. The predicted octanol–water partition coefficient (Wildman–Crippen LogP) is 1.72. The Morgan fingerprint density at radius 2 is 2.24 bits per heavy atom. The van der Waals surface area contributed by atoms with E-state index in [9.17, 15) is 0 Å². The summed E-state index contributed by atoms with van der Waals surface area (Å²) in [6.45, 7) is 9.62. The molecule has 1 aliphatic heterocycles. The van der Waals surface area contributed by atoms with E-state index < -0.39 is 0 Å². The minimum Gasteiger partial charge on any atom is -0.361 e. The zero-order valence-electron chi connectivity index (χ0n) is 11.3. The summed E-state index contributed by atoms with van der Waals surface area (Å²) in [6, 6.07) is 0.663. The smallest absolute Gasteiger partial charge is 0.138 e. The van der Waals surface area contributed by atoms with E-state index in [0.29, 0.717) is 12.0 Å². The van der Waals surface area contributed by atoms with Gasteiger partial charge in [-0.3, -0.25) is 4.90 Å². The Bertz CT molecular complexity index is 355. The number of aromatic nitrogens is 1. The van der Waals surface area contributed by atoms with Crippen LogP contribution in [0.4, 0.5) is 0 Å². The van der Waals surface area contributed by atoms with E-state index in [2.05, 4.69) is 29.3 Å². The molecule has 2 unspecified atom stereocenters. The van der Waals surface area contributed by atoms with Crippen LogP contribution in [0.3, 0.4) is 0 Å². The number of rotatable bonds is 3. The number of piperidine rings is 1. The van der Waals surface area contributed by atoms with Crippen molar-refractivity contribution in [3.63, 3.8) is 0 Å². The first kappa shape index (κ1) is 12.6. The van der Waals surface area contributed by atoms with Crippen molar-refractivity contribution in [1.82, 2.24) is 15.4 Å². The third-order valence-electron chi connectivity index (χ3n) is 3.92. The minimum atomic E-state index is 0.663. The highest BCUT2D eigenvalue weighted by atomic mass is 16.5. The van der Waals surface area contributed by atoms with Gasteiger partial charge in [-0.25, -0.2) is 0 Å². The highest BCUT2D eigenvalue weighted by Crippen LogP contribution is 2.21. The molecule has 0 aromatic carbocycles. The number of hydrogen-bond acceptors (Lipinski definition) is 4. The Morgan fingerprint density at radius 1 is 1.47 bits per heavy atom. The molecule has 1 aromatic rings. The molecule has 0 aliphatic carbocycles. The third kappa shape index (κ3) is 2.69. The molecular formula is C13H23N3O. The van der Waals surface area contributed by atoms with Gasteiger partial charge < -0.3 is 9.84 Å². The fourth-order valence-electron chi connectivity index (χ4n) is 2.76. The van der Waals surface area contributed by atoms with Gasteiger partial charge >= 0.3 is 0 Å². The zero-order valence-corrected chi connectivity index (χ0v) is 11.3. The van der Waals surface area contributed by atoms with Crippen molar-refractivity contribution in [3.8, 4) is 0 Å². The summed E-state index contributed by atoms with van der Waals surface area (Å²) in [5.41, 5.74) is 2.30. The minimum absolute atomic E-state index is 0.663. The van der Waals surface area contributed by atoms with Crippen molar-refractivity contribution in [1.29, 1.82) is 0 Å². The number of hydrogen-bond donors (Lipinski definition) is 1. The molecule has 2 heterocycles. The molecule has 17 heavy (non-hydrogen) atoms. The van der Waals surface area contributed by atoms with Crippen LogP contribution >= 0.6 is 0 Å². The topological polar surface area (TPSA) is 41.3 Å². The summed E-state index contributed by atoms with van der Waals surface area (Å²) < 4.78 is 5.22. The van der Waals surface area contributed by atoms with Crippen LogP contribution in [0.25, 0.3) is 0 Å². The van der Waals surface area contributed by atoms with Crippen LogP contribution in [-0.2, 0) is 6.54 Å². The maximum Gasteiger partial charge on any atom is 0.138 e. The molecule has 96 valence electrons. The summed E-state index contributed by atoms with van der Waals surface area (Å²) >= 11 is 0. The van der Waals surface area contributed by atoms with Crippen LogP contribution in [0.2, 0.25) is 0 Å². The average molecular weight is 237 g/mol.